The number of hydrogen-bond acceptors (Lipinski definition) is 2. The van der Waals surface area contributed by atoms with E-state index in [0.29, 0.717) is 24.4 Å². The second kappa shape index (κ2) is 9.95. The number of nitrogens with one attached hydrogen (secondary N) is 1. The predicted octanol–water partition coefficient (Wildman–Crippen LogP) is 3.81. The average molecular weight is 277 g/mol. The molecule has 0 fully saturated rings. The average Bonchev–Trinajstić information content (AvgIpc) is 2.44. The van der Waals surface area contributed by atoms with Gasteiger partial charge in [-0.05, 0) is 42.7 Å². The van der Waals surface area contributed by atoms with Crippen molar-refractivity contribution in [2.45, 2.75) is 46.0 Å². The third kappa shape index (κ3) is 6.06. The Bertz CT molecular complexity index is 331. The van der Waals surface area contributed by atoms with E-state index in [1.165, 1.54) is 18.4 Å². The van der Waals surface area contributed by atoms with Crippen molar-refractivity contribution in [1.29, 1.82) is 0 Å². The Balaban J connectivity index is 2.47. The van der Waals surface area contributed by atoms with E-state index < -0.39 is 0 Å². The molecule has 0 heterocycles. The molecule has 2 nitrogen and oxygen atoms in total. The highest BCUT2D eigenvalue weighted by atomic mass is 16.3. The fourth-order valence-electron chi connectivity index (χ4n) is 2.82. The first-order chi connectivity index (χ1) is 9.69. The first-order valence-corrected chi connectivity index (χ1v) is 8.05. The van der Waals surface area contributed by atoms with Crippen LogP contribution in [0.1, 0.15) is 51.5 Å². The van der Waals surface area contributed by atoms with E-state index in [4.69, 9.17) is 5.11 Å². The molecule has 0 saturated carbocycles. The van der Waals surface area contributed by atoms with Gasteiger partial charge < -0.3 is 10.4 Å². The minimum Gasteiger partial charge on any atom is -0.396 e. The molecule has 1 aromatic rings. The van der Waals surface area contributed by atoms with Gasteiger partial charge in [0.2, 0.25) is 0 Å². The van der Waals surface area contributed by atoms with E-state index in [2.05, 4.69) is 56.4 Å². The maximum Gasteiger partial charge on any atom is 0.0434 e. The molecule has 20 heavy (non-hydrogen) atoms. The van der Waals surface area contributed by atoms with Crippen LogP contribution in [-0.4, -0.2) is 24.8 Å². The minimum atomic E-state index is 0.304. The maximum absolute atomic E-state index is 9.11. The largest absolute Gasteiger partial charge is 0.396 e. The topological polar surface area (TPSA) is 32.3 Å². The van der Waals surface area contributed by atoms with Crippen molar-refractivity contribution >= 4 is 0 Å². The lowest BCUT2D eigenvalue weighted by Gasteiger charge is -2.24. The van der Waals surface area contributed by atoms with Crippen LogP contribution in [0.3, 0.4) is 0 Å². The van der Waals surface area contributed by atoms with Crippen LogP contribution in [0.2, 0.25) is 0 Å². The fraction of sp³-hybridized carbons (Fsp3) is 0.667. The Kier molecular flexibility index (Phi) is 8.56. The zero-order valence-corrected chi connectivity index (χ0v) is 13.3. The monoisotopic (exact) mass is 277 g/mol. The van der Waals surface area contributed by atoms with Gasteiger partial charge in [-0.15, -0.1) is 0 Å². The molecule has 1 rings (SSSR count). The van der Waals surface area contributed by atoms with Gasteiger partial charge in [0.1, 0.15) is 0 Å². The molecule has 114 valence electrons. The second-order valence-electron chi connectivity index (χ2n) is 6.09. The van der Waals surface area contributed by atoms with E-state index in [1.807, 2.05) is 0 Å². The molecule has 2 atom stereocenters. The van der Waals surface area contributed by atoms with E-state index in [1.54, 1.807) is 0 Å². The van der Waals surface area contributed by atoms with Crippen molar-refractivity contribution in [2.24, 2.45) is 11.8 Å². The van der Waals surface area contributed by atoms with E-state index >= 15 is 0 Å². The summed E-state index contributed by atoms with van der Waals surface area (Å²) in [6, 6.07) is 10.8. The van der Waals surface area contributed by atoms with E-state index in [-0.39, 0.29) is 0 Å². The normalized spacial score (nSPS) is 14.4. The van der Waals surface area contributed by atoms with Crippen LogP contribution in [-0.2, 0) is 0 Å². The fourth-order valence-corrected chi connectivity index (χ4v) is 2.82. The molecule has 0 radical (unpaired) electrons. The Morgan fingerprint density at radius 3 is 2.30 bits per heavy atom. The van der Waals surface area contributed by atoms with Gasteiger partial charge in [0.25, 0.3) is 0 Å². The van der Waals surface area contributed by atoms with Gasteiger partial charge in [0, 0.05) is 13.2 Å². The van der Waals surface area contributed by atoms with Crippen molar-refractivity contribution in [2.75, 3.05) is 19.7 Å². The molecule has 1 aromatic carbocycles. The van der Waals surface area contributed by atoms with Gasteiger partial charge in [-0.2, -0.15) is 0 Å². The Labute approximate surface area is 124 Å². The molecular formula is C18H31NO. The lowest BCUT2D eigenvalue weighted by Crippen LogP contribution is -2.29. The first-order valence-electron chi connectivity index (χ1n) is 8.05. The molecule has 2 heteroatoms. The summed E-state index contributed by atoms with van der Waals surface area (Å²) < 4.78 is 0. The van der Waals surface area contributed by atoms with Gasteiger partial charge in [-0.1, -0.05) is 57.5 Å². The molecule has 0 bridgehead atoms. The molecule has 0 amide bonds. The van der Waals surface area contributed by atoms with Crippen LogP contribution in [0.5, 0.6) is 0 Å². The number of benzene rings is 1. The molecule has 0 spiro atoms. The smallest absolute Gasteiger partial charge is 0.0434 e. The Morgan fingerprint density at radius 2 is 1.75 bits per heavy atom. The lowest BCUT2D eigenvalue weighted by atomic mass is 9.88. The van der Waals surface area contributed by atoms with E-state index in [9.17, 15) is 0 Å². The summed E-state index contributed by atoms with van der Waals surface area (Å²) in [5.41, 5.74) is 1.42. The van der Waals surface area contributed by atoms with Crippen LogP contribution in [0.4, 0.5) is 0 Å². The Hall–Kier alpha value is -0.860. The van der Waals surface area contributed by atoms with E-state index in [0.717, 1.165) is 19.5 Å². The van der Waals surface area contributed by atoms with Gasteiger partial charge in [0.15, 0.2) is 0 Å². The number of rotatable bonds is 10. The van der Waals surface area contributed by atoms with Crippen molar-refractivity contribution in [3.63, 3.8) is 0 Å². The van der Waals surface area contributed by atoms with Gasteiger partial charge >= 0.3 is 0 Å². The van der Waals surface area contributed by atoms with Crippen LogP contribution < -0.4 is 5.32 Å². The SMILES string of the molecule is CCCC(CCO)CNCC(c1ccccc1)C(C)C. The van der Waals surface area contributed by atoms with Gasteiger partial charge in [0.05, 0.1) is 0 Å². The third-order valence-electron chi connectivity index (χ3n) is 4.06. The molecule has 0 aromatic heterocycles. The molecule has 0 aliphatic heterocycles. The van der Waals surface area contributed by atoms with Crippen LogP contribution >= 0.6 is 0 Å². The highest BCUT2D eigenvalue weighted by Crippen LogP contribution is 2.23. The van der Waals surface area contributed by atoms with Gasteiger partial charge in [-0.25, -0.2) is 0 Å². The summed E-state index contributed by atoms with van der Waals surface area (Å²) in [5.74, 6) is 1.80. The summed E-state index contributed by atoms with van der Waals surface area (Å²) in [7, 11) is 0. The summed E-state index contributed by atoms with van der Waals surface area (Å²) >= 11 is 0. The quantitative estimate of drug-likeness (QED) is 0.681. The van der Waals surface area contributed by atoms with Crippen molar-refractivity contribution in [1.82, 2.24) is 5.32 Å². The first kappa shape index (κ1) is 17.2. The molecule has 2 unspecified atom stereocenters. The summed E-state index contributed by atoms with van der Waals surface area (Å²) in [6.45, 7) is 9.13. The maximum atomic E-state index is 9.11. The minimum absolute atomic E-state index is 0.304. The lowest BCUT2D eigenvalue weighted by molar-refractivity contribution is 0.247. The molecule has 0 saturated heterocycles. The highest BCUT2D eigenvalue weighted by Gasteiger charge is 2.16. The summed E-state index contributed by atoms with van der Waals surface area (Å²) in [5, 5.41) is 12.7. The number of aliphatic hydroxyl groups excluding tert-OH is 1. The van der Waals surface area contributed by atoms with Crippen molar-refractivity contribution in [3.8, 4) is 0 Å². The zero-order valence-electron chi connectivity index (χ0n) is 13.3. The Morgan fingerprint density at radius 1 is 1.05 bits per heavy atom. The standard InChI is InChI=1S/C18H31NO/c1-4-8-16(11-12-20)13-19-14-18(15(2)3)17-9-6-5-7-10-17/h5-7,9-10,15-16,18-20H,4,8,11-14H2,1-3H3. The van der Waals surface area contributed by atoms with Crippen LogP contribution in [0.15, 0.2) is 30.3 Å². The summed E-state index contributed by atoms with van der Waals surface area (Å²) in [4.78, 5) is 0. The summed E-state index contributed by atoms with van der Waals surface area (Å²) in [6.07, 6.45) is 3.31. The number of hydrogen-bond donors (Lipinski definition) is 2. The number of aliphatic hydroxyl groups is 1. The molecule has 0 aliphatic carbocycles. The molecule has 2 N–H and O–H groups in total. The van der Waals surface area contributed by atoms with Crippen LogP contribution in [0, 0.1) is 11.8 Å². The highest BCUT2D eigenvalue weighted by molar-refractivity contribution is 5.20. The molecular weight excluding hydrogens is 246 g/mol. The predicted molar refractivity (Wildman–Crippen MR) is 87.0 cm³/mol. The second-order valence-corrected chi connectivity index (χ2v) is 6.09. The van der Waals surface area contributed by atoms with Crippen LogP contribution in [0.25, 0.3) is 0 Å². The van der Waals surface area contributed by atoms with Crippen molar-refractivity contribution < 1.29 is 5.11 Å². The third-order valence-corrected chi connectivity index (χ3v) is 4.06. The molecule has 0 aliphatic rings. The zero-order chi connectivity index (χ0) is 14.8. The van der Waals surface area contributed by atoms with Gasteiger partial charge in [-0.3, -0.25) is 0 Å². The van der Waals surface area contributed by atoms with Crippen molar-refractivity contribution in [3.05, 3.63) is 35.9 Å².